The van der Waals surface area contributed by atoms with Crippen molar-refractivity contribution in [2.45, 2.75) is 32.5 Å². The van der Waals surface area contributed by atoms with Gasteiger partial charge in [-0.1, -0.05) is 24.3 Å². The van der Waals surface area contributed by atoms with Crippen molar-refractivity contribution in [2.24, 2.45) is 0 Å². The number of amides is 1. The molecule has 0 radical (unpaired) electrons. The van der Waals surface area contributed by atoms with Gasteiger partial charge in [0.15, 0.2) is 0 Å². The van der Waals surface area contributed by atoms with Gasteiger partial charge in [0.1, 0.15) is 18.0 Å². The average molecular weight is 265 g/mol. The highest BCUT2D eigenvalue weighted by atomic mass is 16.3. The van der Waals surface area contributed by atoms with E-state index in [4.69, 9.17) is 0 Å². The minimum atomic E-state index is -1.14. The Morgan fingerprint density at radius 3 is 2.42 bits per heavy atom. The minimum Gasteiger partial charge on any atom is -0.388 e. The third-order valence-electron chi connectivity index (χ3n) is 2.74. The second-order valence-electron chi connectivity index (χ2n) is 4.53. The van der Waals surface area contributed by atoms with Crippen LogP contribution in [0.5, 0.6) is 0 Å². The molecule has 0 aliphatic rings. The van der Waals surface area contributed by atoms with Gasteiger partial charge in [-0.25, -0.2) is 0 Å². The summed E-state index contributed by atoms with van der Waals surface area (Å²) < 4.78 is 0. The Morgan fingerprint density at radius 2 is 1.84 bits per heavy atom. The number of ketones is 1. The Hall–Kier alpha value is -1.72. The summed E-state index contributed by atoms with van der Waals surface area (Å²) in [5, 5.41) is 22.4. The molecule has 1 aromatic rings. The maximum Gasteiger partial charge on any atom is 0.216 e. The van der Waals surface area contributed by atoms with Gasteiger partial charge >= 0.3 is 0 Å². The Balaban J connectivity index is 2.83. The van der Waals surface area contributed by atoms with Gasteiger partial charge in [0.05, 0.1) is 0 Å². The lowest BCUT2D eigenvalue weighted by molar-refractivity contribution is -0.120. The molecule has 5 nitrogen and oxygen atoms in total. The molecule has 3 N–H and O–H groups in total. The molecule has 0 heterocycles. The molecule has 104 valence electrons. The Bertz CT molecular complexity index is 459. The molecule has 5 heteroatoms. The summed E-state index contributed by atoms with van der Waals surface area (Å²) in [7, 11) is 0. The number of aliphatic hydroxyl groups is 2. The third kappa shape index (κ3) is 4.81. The number of benzene rings is 1. The van der Waals surface area contributed by atoms with Gasteiger partial charge in [0.25, 0.3) is 0 Å². The van der Waals surface area contributed by atoms with Gasteiger partial charge in [-0.05, 0) is 18.1 Å². The van der Waals surface area contributed by atoms with E-state index in [0.29, 0.717) is 11.1 Å². The maximum atomic E-state index is 11.2. The number of hydrogen-bond donors (Lipinski definition) is 3. The fourth-order valence-corrected chi connectivity index (χ4v) is 1.82. The van der Waals surface area contributed by atoms with E-state index < -0.39 is 12.2 Å². The summed E-state index contributed by atoms with van der Waals surface area (Å²) in [6.07, 6.45) is -2.04. The molecule has 1 rings (SSSR count). The van der Waals surface area contributed by atoms with Crippen LogP contribution < -0.4 is 5.32 Å². The molecule has 0 saturated heterocycles. The molecule has 0 fully saturated rings. The summed E-state index contributed by atoms with van der Waals surface area (Å²) in [6, 6.07) is 6.91. The van der Waals surface area contributed by atoms with E-state index in [1.165, 1.54) is 13.8 Å². The fourth-order valence-electron chi connectivity index (χ4n) is 1.82. The second-order valence-corrected chi connectivity index (χ2v) is 4.53. The zero-order valence-corrected chi connectivity index (χ0v) is 11.1. The Kier molecular flexibility index (Phi) is 5.66. The van der Waals surface area contributed by atoms with Crippen molar-refractivity contribution in [1.29, 1.82) is 0 Å². The van der Waals surface area contributed by atoms with E-state index in [0.717, 1.165) is 0 Å². The van der Waals surface area contributed by atoms with Gasteiger partial charge in [0.2, 0.25) is 5.91 Å². The van der Waals surface area contributed by atoms with Gasteiger partial charge in [-0.3, -0.25) is 9.59 Å². The van der Waals surface area contributed by atoms with Crippen LogP contribution in [0.25, 0.3) is 0 Å². The van der Waals surface area contributed by atoms with Crippen LogP contribution in [-0.2, 0) is 16.0 Å². The molecule has 2 atom stereocenters. The first-order valence-corrected chi connectivity index (χ1v) is 6.09. The van der Waals surface area contributed by atoms with Crippen LogP contribution in [0.3, 0.4) is 0 Å². The van der Waals surface area contributed by atoms with Crippen molar-refractivity contribution in [2.75, 3.05) is 6.54 Å². The van der Waals surface area contributed by atoms with E-state index >= 15 is 0 Å². The van der Waals surface area contributed by atoms with Crippen molar-refractivity contribution in [3.8, 4) is 0 Å². The lowest BCUT2D eigenvalue weighted by atomic mass is 9.95. The molecule has 1 amide bonds. The first kappa shape index (κ1) is 15.3. The van der Waals surface area contributed by atoms with Crippen LogP contribution in [0, 0.1) is 0 Å². The van der Waals surface area contributed by atoms with E-state index in [9.17, 15) is 19.8 Å². The highest BCUT2D eigenvalue weighted by Crippen LogP contribution is 2.21. The first-order valence-electron chi connectivity index (χ1n) is 6.09. The van der Waals surface area contributed by atoms with Gasteiger partial charge in [-0.15, -0.1) is 0 Å². The minimum absolute atomic E-state index is 0.0176. The second kappa shape index (κ2) is 7.01. The van der Waals surface area contributed by atoms with E-state index in [1.807, 2.05) is 0 Å². The average Bonchev–Trinajstić information content (AvgIpc) is 2.35. The molecular formula is C14H19NO4. The van der Waals surface area contributed by atoms with E-state index in [2.05, 4.69) is 5.32 Å². The van der Waals surface area contributed by atoms with Gasteiger partial charge in [0, 0.05) is 19.9 Å². The number of rotatable bonds is 6. The largest absolute Gasteiger partial charge is 0.388 e. The molecule has 0 aliphatic carbocycles. The number of carbonyl (C=O) groups is 2. The summed E-state index contributed by atoms with van der Waals surface area (Å²) >= 11 is 0. The normalized spacial score (nSPS) is 13.7. The zero-order chi connectivity index (χ0) is 14.4. The summed E-state index contributed by atoms with van der Waals surface area (Å²) in [5.41, 5.74) is 1.19. The van der Waals surface area contributed by atoms with Crippen LogP contribution >= 0.6 is 0 Å². The molecule has 19 heavy (non-hydrogen) atoms. The van der Waals surface area contributed by atoms with Gasteiger partial charge in [-0.2, -0.15) is 0 Å². The van der Waals surface area contributed by atoms with Crippen LogP contribution in [0.2, 0.25) is 0 Å². The summed E-state index contributed by atoms with van der Waals surface area (Å²) in [5.74, 6) is -0.292. The lowest BCUT2D eigenvalue weighted by Crippen LogP contribution is -2.34. The summed E-state index contributed by atoms with van der Waals surface area (Å²) in [6.45, 7) is 2.77. The molecule has 0 spiro atoms. The van der Waals surface area contributed by atoms with Crippen LogP contribution in [0.15, 0.2) is 24.3 Å². The smallest absolute Gasteiger partial charge is 0.216 e. The van der Waals surface area contributed by atoms with Crippen LogP contribution in [0.4, 0.5) is 0 Å². The van der Waals surface area contributed by atoms with Crippen molar-refractivity contribution >= 4 is 11.7 Å². The number of nitrogens with one attached hydrogen (secondary N) is 1. The summed E-state index contributed by atoms with van der Waals surface area (Å²) in [4.78, 5) is 21.9. The lowest BCUT2D eigenvalue weighted by Gasteiger charge is -2.20. The maximum absolute atomic E-state index is 11.2. The number of carbonyl (C=O) groups excluding carboxylic acids is 2. The predicted molar refractivity (Wildman–Crippen MR) is 70.5 cm³/mol. The van der Waals surface area contributed by atoms with E-state index in [-0.39, 0.29) is 24.7 Å². The Labute approximate surface area is 112 Å². The topological polar surface area (TPSA) is 86.6 Å². The SMILES string of the molecule is CC(=O)Cc1ccccc1C(O)C(O)CNC(C)=O. The number of hydrogen-bond acceptors (Lipinski definition) is 4. The van der Waals surface area contributed by atoms with Crippen molar-refractivity contribution in [3.05, 3.63) is 35.4 Å². The quantitative estimate of drug-likeness (QED) is 0.692. The third-order valence-corrected chi connectivity index (χ3v) is 2.74. The molecule has 0 bridgehead atoms. The molecule has 0 aliphatic heterocycles. The van der Waals surface area contributed by atoms with Crippen LogP contribution in [-0.4, -0.2) is 34.6 Å². The molecule has 0 aromatic heterocycles. The molecule has 2 unspecified atom stereocenters. The van der Waals surface area contributed by atoms with Crippen molar-refractivity contribution in [3.63, 3.8) is 0 Å². The first-order chi connectivity index (χ1) is 8.91. The highest BCUT2D eigenvalue weighted by Gasteiger charge is 2.21. The van der Waals surface area contributed by atoms with Gasteiger partial charge < -0.3 is 15.5 Å². The molecular weight excluding hydrogens is 246 g/mol. The highest BCUT2D eigenvalue weighted by molar-refractivity contribution is 5.78. The monoisotopic (exact) mass is 265 g/mol. The van der Waals surface area contributed by atoms with Crippen molar-refractivity contribution in [1.82, 2.24) is 5.32 Å². The fraction of sp³-hybridized carbons (Fsp3) is 0.429. The zero-order valence-electron chi connectivity index (χ0n) is 11.1. The predicted octanol–water partition coefficient (Wildman–Crippen LogP) is 0.349. The Morgan fingerprint density at radius 1 is 1.21 bits per heavy atom. The standard InChI is InChI=1S/C14H19NO4/c1-9(16)7-11-5-3-4-6-12(11)14(19)13(18)8-15-10(2)17/h3-6,13-14,18-19H,7-8H2,1-2H3,(H,15,17). The number of Topliss-reactive ketones (excluding diaryl/α,β-unsaturated/α-hetero) is 1. The number of aliphatic hydroxyl groups excluding tert-OH is 2. The van der Waals surface area contributed by atoms with E-state index in [1.54, 1.807) is 24.3 Å². The molecule has 1 aromatic carbocycles. The van der Waals surface area contributed by atoms with Crippen molar-refractivity contribution < 1.29 is 19.8 Å². The molecule has 0 saturated carbocycles. The van der Waals surface area contributed by atoms with Crippen LogP contribution in [0.1, 0.15) is 31.1 Å².